The maximum atomic E-state index is 13.1. The average molecular weight is 409 g/mol. The Hall–Kier alpha value is -3.48. The zero-order valence-corrected chi connectivity index (χ0v) is 17.5. The molecule has 0 saturated carbocycles. The lowest BCUT2D eigenvalue weighted by Gasteiger charge is -2.28. The van der Waals surface area contributed by atoms with Crippen LogP contribution in [0.3, 0.4) is 0 Å². The summed E-state index contributed by atoms with van der Waals surface area (Å²) in [6.07, 6.45) is 0.0121. The van der Waals surface area contributed by atoms with Gasteiger partial charge in [-0.15, -0.1) is 0 Å². The second kappa shape index (κ2) is 7.40. The quantitative estimate of drug-likeness (QED) is 0.523. The van der Waals surface area contributed by atoms with Crippen molar-refractivity contribution < 1.29 is 23.7 Å². The van der Waals surface area contributed by atoms with Gasteiger partial charge < -0.3 is 23.9 Å². The Morgan fingerprint density at radius 3 is 2.37 bits per heavy atom. The topological polar surface area (TPSA) is 86.9 Å². The zero-order chi connectivity index (χ0) is 21.6. The standard InChI is InChI=1S/C23H23NO6/c1-11-6-12(2)20-13(7-11)8-15(23(26)24-20)14-9-18(25)30-16-10-17(27-3)21(28-4)22(29-5)19(14)16/h6-8,10,14H,9H2,1-5H3,(H,24,26)/t14-/m1/s1. The molecule has 30 heavy (non-hydrogen) atoms. The van der Waals surface area contributed by atoms with Crippen molar-refractivity contribution in [3.8, 4) is 23.0 Å². The van der Waals surface area contributed by atoms with Crippen LogP contribution in [0.5, 0.6) is 23.0 Å². The number of aromatic amines is 1. The normalized spacial score (nSPS) is 15.5. The van der Waals surface area contributed by atoms with Crippen molar-refractivity contribution in [1.82, 2.24) is 4.98 Å². The molecule has 1 N–H and O–H groups in total. The first-order chi connectivity index (χ1) is 14.4. The number of carbonyl (C=O) groups is 1. The summed E-state index contributed by atoms with van der Waals surface area (Å²) in [5.74, 6) is 0.451. The van der Waals surface area contributed by atoms with Gasteiger partial charge in [0.1, 0.15) is 5.75 Å². The second-order valence-electron chi connectivity index (χ2n) is 7.39. The van der Waals surface area contributed by atoms with Gasteiger partial charge in [-0.25, -0.2) is 0 Å². The van der Waals surface area contributed by atoms with Crippen molar-refractivity contribution in [2.45, 2.75) is 26.2 Å². The lowest BCUT2D eigenvalue weighted by atomic mass is 9.85. The van der Waals surface area contributed by atoms with Gasteiger partial charge in [0.05, 0.1) is 33.3 Å². The van der Waals surface area contributed by atoms with Crippen LogP contribution in [0.4, 0.5) is 0 Å². The number of aryl methyl sites for hydroxylation is 2. The molecule has 0 spiro atoms. The molecule has 2 heterocycles. The van der Waals surface area contributed by atoms with E-state index in [9.17, 15) is 9.59 Å². The largest absolute Gasteiger partial charge is 0.493 e. The molecule has 0 bridgehead atoms. The first-order valence-corrected chi connectivity index (χ1v) is 9.55. The monoisotopic (exact) mass is 409 g/mol. The number of fused-ring (bicyclic) bond motifs is 2. The van der Waals surface area contributed by atoms with Crippen LogP contribution in [0.15, 0.2) is 29.1 Å². The molecule has 0 fully saturated rings. The number of H-pyrrole nitrogens is 1. The van der Waals surface area contributed by atoms with Gasteiger partial charge in [-0.05, 0) is 36.9 Å². The minimum atomic E-state index is -0.551. The van der Waals surface area contributed by atoms with E-state index in [1.54, 1.807) is 6.07 Å². The summed E-state index contributed by atoms with van der Waals surface area (Å²) >= 11 is 0. The molecule has 3 aromatic rings. The van der Waals surface area contributed by atoms with Crippen molar-refractivity contribution in [3.63, 3.8) is 0 Å². The number of hydrogen-bond acceptors (Lipinski definition) is 6. The maximum absolute atomic E-state index is 13.1. The molecule has 0 amide bonds. The number of aromatic nitrogens is 1. The Morgan fingerprint density at radius 2 is 1.70 bits per heavy atom. The highest BCUT2D eigenvalue weighted by molar-refractivity contribution is 5.85. The van der Waals surface area contributed by atoms with Crippen molar-refractivity contribution >= 4 is 16.9 Å². The third-order valence-corrected chi connectivity index (χ3v) is 5.47. The summed E-state index contributed by atoms with van der Waals surface area (Å²) in [6, 6.07) is 7.46. The second-order valence-corrected chi connectivity index (χ2v) is 7.39. The van der Waals surface area contributed by atoms with Crippen LogP contribution in [0.2, 0.25) is 0 Å². The molecule has 0 radical (unpaired) electrons. The van der Waals surface area contributed by atoms with E-state index in [0.717, 1.165) is 22.0 Å². The van der Waals surface area contributed by atoms with Crippen LogP contribution in [0.1, 0.15) is 34.6 Å². The number of hydrogen-bond donors (Lipinski definition) is 1. The lowest BCUT2D eigenvalue weighted by molar-refractivity contribution is -0.135. The molecule has 1 aliphatic rings. The zero-order valence-electron chi connectivity index (χ0n) is 17.5. The van der Waals surface area contributed by atoms with Crippen LogP contribution in [-0.2, 0) is 4.79 Å². The molecular formula is C23H23NO6. The minimum absolute atomic E-state index is 0.0121. The molecule has 0 unspecified atom stereocenters. The van der Waals surface area contributed by atoms with Crippen LogP contribution in [-0.4, -0.2) is 32.3 Å². The molecule has 0 saturated heterocycles. The third-order valence-electron chi connectivity index (χ3n) is 5.47. The predicted octanol–water partition coefficient (Wildman–Crippen LogP) is 3.61. The molecule has 1 atom stereocenters. The van der Waals surface area contributed by atoms with E-state index < -0.39 is 11.9 Å². The minimum Gasteiger partial charge on any atom is -0.493 e. The number of benzene rings is 2. The fourth-order valence-corrected chi connectivity index (χ4v) is 4.23. The van der Waals surface area contributed by atoms with Crippen molar-refractivity contribution in [2.24, 2.45) is 0 Å². The van der Waals surface area contributed by atoms with Crippen LogP contribution in [0, 0.1) is 13.8 Å². The van der Waals surface area contributed by atoms with E-state index in [-0.39, 0.29) is 12.0 Å². The molecule has 7 heteroatoms. The molecule has 7 nitrogen and oxygen atoms in total. The summed E-state index contributed by atoms with van der Waals surface area (Å²) in [4.78, 5) is 28.4. The van der Waals surface area contributed by atoms with Crippen LogP contribution >= 0.6 is 0 Å². The molecule has 4 rings (SSSR count). The van der Waals surface area contributed by atoms with Gasteiger partial charge in [-0.3, -0.25) is 9.59 Å². The fourth-order valence-electron chi connectivity index (χ4n) is 4.23. The number of rotatable bonds is 4. The number of pyridine rings is 1. The van der Waals surface area contributed by atoms with Gasteiger partial charge in [0.2, 0.25) is 5.75 Å². The van der Waals surface area contributed by atoms with E-state index in [1.807, 2.05) is 32.0 Å². The highest BCUT2D eigenvalue weighted by Crippen LogP contribution is 2.52. The van der Waals surface area contributed by atoms with E-state index in [2.05, 4.69) is 4.98 Å². The Kier molecular flexibility index (Phi) is 4.89. The average Bonchev–Trinajstić information content (AvgIpc) is 2.71. The SMILES string of the molecule is COc1cc2c(c(OC)c1OC)[C@@H](c1cc3cc(C)cc(C)c3[nH]c1=O)CC(=O)O2. The molecular weight excluding hydrogens is 386 g/mol. The molecule has 1 aromatic heterocycles. The van der Waals surface area contributed by atoms with E-state index in [0.29, 0.717) is 34.1 Å². The predicted molar refractivity (Wildman–Crippen MR) is 112 cm³/mol. The molecule has 0 aliphatic carbocycles. The van der Waals surface area contributed by atoms with E-state index >= 15 is 0 Å². The summed E-state index contributed by atoms with van der Waals surface area (Å²) in [5.41, 5.74) is 3.66. The first kappa shape index (κ1) is 19.8. The van der Waals surface area contributed by atoms with Gasteiger partial charge in [0.15, 0.2) is 11.5 Å². The Bertz CT molecular complexity index is 1230. The van der Waals surface area contributed by atoms with Gasteiger partial charge in [-0.1, -0.05) is 11.6 Å². The van der Waals surface area contributed by atoms with Gasteiger partial charge in [0, 0.05) is 23.1 Å². The van der Waals surface area contributed by atoms with Gasteiger partial charge in [0.25, 0.3) is 5.56 Å². The maximum Gasteiger partial charge on any atom is 0.312 e. The van der Waals surface area contributed by atoms with Crippen LogP contribution in [0.25, 0.3) is 10.9 Å². The van der Waals surface area contributed by atoms with Crippen LogP contribution < -0.4 is 24.5 Å². The summed E-state index contributed by atoms with van der Waals surface area (Å²) in [5, 5.41) is 0.905. The van der Waals surface area contributed by atoms with Gasteiger partial charge >= 0.3 is 5.97 Å². The third kappa shape index (κ3) is 3.07. The number of carbonyl (C=O) groups excluding carboxylic acids is 1. The first-order valence-electron chi connectivity index (χ1n) is 9.55. The summed E-state index contributed by atoms with van der Waals surface area (Å²) < 4.78 is 21.9. The Balaban J connectivity index is 2.01. The number of esters is 1. The fraction of sp³-hybridized carbons (Fsp3) is 0.304. The van der Waals surface area contributed by atoms with Crippen molar-refractivity contribution in [2.75, 3.05) is 21.3 Å². The highest BCUT2D eigenvalue weighted by Gasteiger charge is 2.36. The molecule has 2 aromatic carbocycles. The van der Waals surface area contributed by atoms with Crippen molar-refractivity contribution in [3.05, 3.63) is 56.9 Å². The molecule has 1 aliphatic heterocycles. The highest BCUT2D eigenvalue weighted by atomic mass is 16.5. The number of methoxy groups -OCH3 is 3. The van der Waals surface area contributed by atoms with Crippen molar-refractivity contribution in [1.29, 1.82) is 0 Å². The molecule has 156 valence electrons. The van der Waals surface area contributed by atoms with E-state index in [4.69, 9.17) is 18.9 Å². The lowest BCUT2D eigenvalue weighted by Crippen LogP contribution is -2.26. The Morgan fingerprint density at radius 1 is 0.967 bits per heavy atom. The van der Waals surface area contributed by atoms with E-state index in [1.165, 1.54) is 21.3 Å². The Labute approximate surface area is 173 Å². The van der Waals surface area contributed by atoms with Gasteiger partial charge in [-0.2, -0.15) is 0 Å². The number of nitrogens with one attached hydrogen (secondary N) is 1. The summed E-state index contributed by atoms with van der Waals surface area (Å²) in [7, 11) is 4.50. The number of ether oxygens (including phenoxy) is 4. The smallest absolute Gasteiger partial charge is 0.312 e. The summed E-state index contributed by atoms with van der Waals surface area (Å²) in [6.45, 7) is 3.96.